The van der Waals surface area contributed by atoms with Crippen LogP contribution in [-0.4, -0.2) is 35.8 Å². The van der Waals surface area contributed by atoms with Crippen LogP contribution in [0.25, 0.3) is 0 Å². The van der Waals surface area contributed by atoms with E-state index in [1.54, 1.807) is 18.2 Å². The minimum absolute atomic E-state index is 0.0484. The van der Waals surface area contributed by atoms with Crippen molar-refractivity contribution >= 4 is 29.2 Å². The Morgan fingerprint density at radius 2 is 2.13 bits per heavy atom. The molecule has 0 bridgehead atoms. The largest absolute Gasteiger partial charge is 0.497 e. The average molecular weight is 336 g/mol. The SMILES string of the molecule is COc1ccc(OC)c(NC(=O)CSc2nc(N)cc(=O)[nH]2)c1. The van der Waals surface area contributed by atoms with Crippen molar-refractivity contribution in [3.05, 3.63) is 34.6 Å². The molecule has 9 heteroatoms. The number of nitrogen functional groups attached to an aromatic ring is 1. The number of H-pyrrole nitrogens is 1. The first-order valence-corrected chi connectivity index (χ1v) is 7.52. The number of nitrogens with two attached hydrogens (primary N) is 1. The smallest absolute Gasteiger partial charge is 0.253 e. The maximum atomic E-state index is 12.0. The Balaban J connectivity index is 2.03. The molecule has 1 aromatic carbocycles. The molecule has 4 N–H and O–H groups in total. The highest BCUT2D eigenvalue weighted by atomic mass is 32.2. The van der Waals surface area contributed by atoms with Gasteiger partial charge in [-0.15, -0.1) is 0 Å². The Morgan fingerprint density at radius 1 is 1.35 bits per heavy atom. The first-order chi connectivity index (χ1) is 11.0. The van der Waals surface area contributed by atoms with Gasteiger partial charge in [0.05, 0.1) is 25.7 Å². The van der Waals surface area contributed by atoms with Gasteiger partial charge in [-0.05, 0) is 12.1 Å². The summed E-state index contributed by atoms with van der Waals surface area (Å²) < 4.78 is 10.3. The predicted molar refractivity (Wildman–Crippen MR) is 88.2 cm³/mol. The monoisotopic (exact) mass is 336 g/mol. The van der Waals surface area contributed by atoms with Gasteiger partial charge in [0, 0.05) is 12.1 Å². The summed E-state index contributed by atoms with van der Waals surface area (Å²) in [6.07, 6.45) is 0. The molecule has 0 saturated heterocycles. The lowest BCUT2D eigenvalue weighted by atomic mass is 10.2. The van der Waals surface area contributed by atoms with E-state index < -0.39 is 0 Å². The van der Waals surface area contributed by atoms with Crippen LogP contribution >= 0.6 is 11.8 Å². The molecule has 0 atom stereocenters. The highest BCUT2D eigenvalue weighted by Gasteiger charge is 2.10. The maximum Gasteiger partial charge on any atom is 0.253 e. The Kier molecular flexibility index (Phi) is 5.47. The van der Waals surface area contributed by atoms with Gasteiger partial charge in [-0.3, -0.25) is 9.59 Å². The van der Waals surface area contributed by atoms with Crippen molar-refractivity contribution in [3.63, 3.8) is 0 Å². The minimum atomic E-state index is -0.366. The van der Waals surface area contributed by atoms with E-state index in [1.807, 2.05) is 0 Å². The third-order valence-electron chi connectivity index (χ3n) is 2.76. The molecule has 0 saturated carbocycles. The molecule has 23 heavy (non-hydrogen) atoms. The lowest BCUT2D eigenvalue weighted by Gasteiger charge is -2.11. The summed E-state index contributed by atoms with van der Waals surface area (Å²) in [5.41, 5.74) is 5.61. The number of amides is 1. The van der Waals surface area contributed by atoms with Crippen LogP contribution in [0, 0.1) is 0 Å². The molecule has 2 rings (SSSR count). The van der Waals surface area contributed by atoms with E-state index in [1.165, 1.54) is 20.3 Å². The number of methoxy groups -OCH3 is 2. The van der Waals surface area contributed by atoms with E-state index >= 15 is 0 Å². The van der Waals surface area contributed by atoms with Gasteiger partial charge in [0.15, 0.2) is 5.16 Å². The number of nitrogens with zero attached hydrogens (tertiary/aromatic N) is 1. The highest BCUT2D eigenvalue weighted by molar-refractivity contribution is 7.99. The zero-order chi connectivity index (χ0) is 16.8. The van der Waals surface area contributed by atoms with Crippen LogP contribution in [0.1, 0.15) is 0 Å². The number of hydrogen-bond acceptors (Lipinski definition) is 7. The van der Waals surface area contributed by atoms with Crippen LogP contribution in [0.5, 0.6) is 11.5 Å². The van der Waals surface area contributed by atoms with Crippen molar-refractivity contribution in [1.29, 1.82) is 0 Å². The second-order valence-electron chi connectivity index (χ2n) is 4.38. The summed E-state index contributed by atoms with van der Waals surface area (Å²) in [7, 11) is 3.04. The van der Waals surface area contributed by atoms with E-state index in [0.717, 1.165) is 11.8 Å². The van der Waals surface area contributed by atoms with Gasteiger partial charge in [0.2, 0.25) is 5.91 Å². The Labute approximate surface area is 136 Å². The van der Waals surface area contributed by atoms with Gasteiger partial charge in [-0.2, -0.15) is 0 Å². The number of carbonyl (C=O) groups is 1. The van der Waals surface area contributed by atoms with Gasteiger partial charge in [-0.1, -0.05) is 11.8 Å². The standard InChI is InChI=1S/C14H16N4O4S/c1-21-8-3-4-10(22-2)9(5-8)16-13(20)7-23-14-17-11(15)6-12(19)18-14/h3-6H,7H2,1-2H3,(H,16,20)(H3,15,17,18,19). The fraction of sp³-hybridized carbons (Fsp3) is 0.214. The second-order valence-corrected chi connectivity index (χ2v) is 5.34. The molecule has 0 aliphatic heterocycles. The predicted octanol–water partition coefficient (Wildman–Crippen LogP) is 1.10. The van der Waals surface area contributed by atoms with Crippen LogP contribution < -0.4 is 26.1 Å². The van der Waals surface area contributed by atoms with E-state index in [4.69, 9.17) is 15.2 Å². The fourth-order valence-electron chi connectivity index (χ4n) is 1.75. The Bertz CT molecular complexity index is 763. The van der Waals surface area contributed by atoms with Crippen LogP contribution in [0.4, 0.5) is 11.5 Å². The molecule has 8 nitrogen and oxygen atoms in total. The Hall–Kier alpha value is -2.68. The number of hydrogen-bond donors (Lipinski definition) is 3. The van der Waals surface area contributed by atoms with Crippen LogP contribution in [0.3, 0.4) is 0 Å². The molecule has 0 radical (unpaired) electrons. The third kappa shape index (κ3) is 4.65. The first kappa shape index (κ1) is 16.7. The summed E-state index contributed by atoms with van der Waals surface area (Å²) in [6, 6.07) is 6.25. The molecular weight excluding hydrogens is 320 g/mol. The quantitative estimate of drug-likeness (QED) is 0.534. The maximum absolute atomic E-state index is 12.0. The number of carbonyl (C=O) groups excluding carboxylic acids is 1. The molecule has 0 aliphatic carbocycles. The normalized spacial score (nSPS) is 10.2. The molecule has 1 amide bonds. The van der Waals surface area contributed by atoms with E-state index in [0.29, 0.717) is 17.2 Å². The van der Waals surface area contributed by atoms with Crippen molar-refractivity contribution in [1.82, 2.24) is 9.97 Å². The van der Waals surface area contributed by atoms with Crippen molar-refractivity contribution < 1.29 is 14.3 Å². The molecule has 1 aromatic heterocycles. The van der Waals surface area contributed by atoms with Crippen molar-refractivity contribution in [2.75, 3.05) is 31.0 Å². The minimum Gasteiger partial charge on any atom is -0.497 e. The number of thioether (sulfide) groups is 1. The third-order valence-corrected chi connectivity index (χ3v) is 3.63. The van der Waals surface area contributed by atoms with Gasteiger partial charge in [-0.25, -0.2) is 4.98 Å². The fourth-order valence-corrected chi connectivity index (χ4v) is 2.44. The molecule has 0 aliphatic rings. The van der Waals surface area contributed by atoms with Crippen LogP contribution in [0.15, 0.2) is 34.2 Å². The van der Waals surface area contributed by atoms with E-state index in [-0.39, 0.29) is 28.2 Å². The van der Waals surface area contributed by atoms with Crippen LogP contribution in [-0.2, 0) is 4.79 Å². The van der Waals surface area contributed by atoms with Crippen molar-refractivity contribution in [2.24, 2.45) is 0 Å². The molecule has 0 spiro atoms. The lowest BCUT2D eigenvalue weighted by Crippen LogP contribution is -2.16. The number of ether oxygens (including phenoxy) is 2. The molecule has 0 fully saturated rings. The van der Waals surface area contributed by atoms with Gasteiger partial charge >= 0.3 is 0 Å². The van der Waals surface area contributed by atoms with Crippen molar-refractivity contribution in [2.45, 2.75) is 5.16 Å². The highest BCUT2D eigenvalue weighted by Crippen LogP contribution is 2.29. The zero-order valence-corrected chi connectivity index (χ0v) is 13.4. The first-order valence-electron chi connectivity index (χ1n) is 6.53. The number of nitrogens with one attached hydrogen (secondary N) is 2. The Morgan fingerprint density at radius 3 is 2.78 bits per heavy atom. The summed E-state index contributed by atoms with van der Waals surface area (Å²) >= 11 is 1.07. The van der Waals surface area contributed by atoms with E-state index in [9.17, 15) is 9.59 Å². The molecule has 122 valence electrons. The number of benzene rings is 1. The number of aromatic nitrogens is 2. The molecule has 0 unspecified atom stereocenters. The second kappa shape index (κ2) is 7.54. The van der Waals surface area contributed by atoms with Crippen molar-refractivity contribution in [3.8, 4) is 11.5 Å². The lowest BCUT2D eigenvalue weighted by molar-refractivity contribution is -0.113. The van der Waals surface area contributed by atoms with Crippen LogP contribution in [0.2, 0.25) is 0 Å². The summed E-state index contributed by atoms with van der Waals surface area (Å²) in [5, 5.41) is 3.00. The number of anilines is 2. The summed E-state index contributed by atoms with van der Waals surface area (Å²) in [4.78, 5) is 29.8. The molecule has 1 heterocycles. The van der Waals surface area contributed by atoms with Gasteiger partial charge in [0.1, 0.15) is 17.3 Å². The van der Waals surface area contributed by atoms with Gasteiger partial charge < -0.3 is 25.5 Å². The summed E-state index contributed by atoms with van der Waals surface area (Å²) in [6.45, 7) is 0. The topological polar surface area (TPSA) is 119 Å². The van der Waals surface area contributed by atoms with E-state index in [2.05, 4.69) is 15.3 Å². The van der Waals surface area contributed by atoms with Gasteiger partial charge in [0.25, 0.3) is 5.56 Å². The number of rotatable bonds is 6. The summed E-state index contributed by atoms with van der Waals surface area (Å²) in [5.74, 6) is 0.972. The molecule has 2 aromatic rings. The zero-order valence-electron chi connectivity index (χ0n) is 12.6. The average Bonchev–Trinajstić information content (AvgIpc) is 2.52. The number of aromatic amines is 1. The molecular formula is C14H16N4O4S.